The molecule has 10 heteroatoms. The van der Waals surface area contributed by atoms with Gasteiger partial charge < -0.3 is 14.2 Å². The molecule has 0 atom stereocenters. The number of carbonyl (C=O) groups excluding carboxylic acids is 1. The maximum Gasteiger partial charge on any atom is 0.339 e. The van der Waals surface area contributed by atoms with E-state index in [1.54, 1.807) is 24.3 Å². The van der Waals surface area contributed by atoms with E-state index in [4.69, 9.17) is 20.5 Å². The van der Waals surface area contributed by atoms with Gasteiger partial charge in [0, 0.05) is 5.69 Å². The van der Waals surface area contributed by atoms with Crippen LogP contribution in [0, 0.1) is 17.1 Å². The van der Waals surface area contributed by atoms with Crippen molar-refractivity contribution in [1.82, 2.24) is 0 Å². The number of benzene rings is 3. The second-order valence-electron chi connectivity index (χ2n) is 6.52. The Kier molecular flexibility index (Phi) is 7.33. The molecule has 3 rings (SSSR count). The summed E-state index contributed by atoms with van der Waals surface area (Å²) in [6.07, 6.45) is 1.24. The minimum Gasteiger partial charge on any atom is -0.493 e. The van der Waals surface area contributed by atoms with E-state index in [9.17, 15) is 22.9 Å². The number of methoxy groups -OCH3 is 1. The monoisotopic (exact) mass is 486 g/mol. The molecule has 0 aliphatic rings. The van der Waals surface area contributed by atoms with Gasteiger partial charge in [0.25, 0.3) is 5.91 Å². The largest absolute Gasteiger partial charge is 0.493 e. The highest BCUT2D eigenvalue weighted by atomic mass is 35.5. The number of halogens is 2. The summed E-state index contributed by atoms with van der Waals surface area (Å²) >= 11 is 6.24. The second kappa shape index (κ2) is 10.2. The van der Waals surface area contributed by atoms with Crippen molar-refractivity contribution < 1.29 is 26.5 Å². The number of amides is 1. The van der Waals surface area contributed by atoms with Crippen LogP contribution < -0.4 is 14.2 Å². The lowest BCUT2D eigenvalue weighted by atomic mass is 10.1. The van der Waals surface area contributed by atoms with Gasteiger partial charge in [0.15, 0.2) is 5.75 Å². The average molecular weight is 487 g/mol. The van der Waals surface area contributed by atoms with Crippen molar-refractivity contribution in [3.05, 3.63) is 88.7 Å². The van der Waals surface area contributed by atoms with E-state index in [2.05, 4.69) is 5.32 Å². The van der Waals surface area contributed by atoms with Gasteiger partial charge in [0.1, 0.15) is 22.4 Å². The first-order valence-corrected chi connectivity index (χ1v) is 11.1. The summed E-state index contributed by atoms with van der Waals surface area (Å²) in [6.45, 7) is 0. The van der Waals surface area contributed by atoms with Crippen LogP contribution in [0.2, 0.25) is 5.02 Å². The first kappa shape index (κ1) is 23.8. The molecule has 0 saturated heterocycles. The molecule has 0 radical (unpaired) electrons. The maximum absolute atomic E-state index is 13.0. The van der Waals surface area contributed by atoms with Crippen LogP contribution in [0.4, 0.5) is 10.1 Å². The Morgan fingerprint density at radius 1 is 1.12 bits per heavy atom. The lowest BCUT2D eigenvalue weighted by Crippen LogP contribution is -2.13. The molecule has 0 aromatic heterocycles. The molecular weight excluding hydrogens is 471 g/mol. The summed E-state index contributed by atoms with van der Waals surface area (Å²) < 4.78 is 48.5. The van der Waals surface area contributed by atoms with Crippen molar-refractivity contribution in [2.24, 2.45) is 0 Å². The van der Waals surface area contributed by atoms with Crippen LogP contribution >= 0.6 is 11.6 Å². The van der Waals surface area contributed by atoms with Gasteiger partial charge in [-0.15, -0.1) is 0 Å². The smallest absolute Gasteiger partial charge is 0.339 e. The number of rotatable bonds is 7. The van der Waals surface area contributed by atoms with Crippen molar-refractivity contribution in [3.63, 3.8) is 0 Å². The Morgan fingerprint density at radius 3 is 2.39 bits per heavy atom. The topological polar surface area (TPSA) is 105 Å². The van der Waals surface area contributed by atoms with E-state index < -0.39 is 21.8 Å². The van der Waals surface area contributed by atoms with Gasteiger partial charge >= 0.3 is 10.1 Å². The summed E-state index contributed by atoms with van der Waals surface area (Å²) in [4.78, 5) is 12.3. The van der Waals surface area contributed by atoms with Crippen LogP contribution in [-0.4, -0.2) is 21.4 Å². The molecule has 3 aromatic rings. The van der Waals surface area contributed by atoms with Gasteiger partial charge in [-0.2, -0.15) is 13.7 Å². The zero-order valence-electron chi connectivity index (χ0n) is 17.1. The first-order valence-electron chi connectivity index (χ1n) is 9.29. The van der Waals surface area contributed by atoms with E-state index in [-0.39, 0.29) is 32.6 Å². The van der Waals surface area contributed by atoms with Crippen molar-refractivity contribution >= 4 is 39.4 Å². The number of anilines is 1. The van der Waals surface area contributed by atoms with Gasteiger partial charge in [0.05, 0.1) is 12.1 Å². The molecule has 0 unspecified atom stereocenters. The molecule has 0 aliphatic carbocycles. The molecule has 0 aliphatic heterocycles. The summed E-state index contributed by atoms with van der Waals surface area (Å²) in [5, 5.41) is 11.8. The SMILES string of the molecule is COc1cc(/C=C(\C#N)C(=O)Nc2ccc(F)cc2)cc(Cl)c1OS(=O)(=O)c1ccccc1. The van der Waals surface area contributed by atoms with Gasteiger partial charge in [0.2, 0.25) is 5.75 Å². The molecule has 0 bridgehead atoms. The number of hydrogen-bond acceptors (Lipinski definition) is 6. The lowest BCUT2D eigenvalue weighted by molar-refractivity contribution is -0.112. The van der Waals surface area contributed by atoms with Crippen LogP contribution in [0.1, 0.15) is 5.56 Å². The number of ether oxygens (including phenoxy) is 1. The van der Waals surface area contributed by atoms with Crippen LogP contribution in [-0.2, 0) is 14.9 Å². The zero-order chi connectivity index (χ0) is 24.0. The minimum absolute atomic E-state index is 0.0236. The Bertz CT molecular complexity index is 1350. The van der Waals surface area contributed by atoms with E-state index >= 15 is 0 Å². The molecule has 0 fully saturated rings. The zero-order valence-corrected chi connectivity index (χ0v) is 18.7. The number of nitriles is 1. The Morgan fingerprint density at radius 2 is 1.79 bits per heavy atom. The summed E-state index contributed by atoms with van der Waals surface area (Å²) in [6, 6.07) is 17.0. The number of nitrogens with zero attached hydrogens (tertiary/aromatic N) is 1. The standard InChI is InChI=1S/C23H16ClFN2O5S/c1-31-21-13-15(11-16(14-26)23(28)27-18-9-7-17(25)8-10-18)12-20(24)22(21)32-33(29,30)19-5-3-2-4-6-19/h2-13H,1H3,(H,27,28)/b16-11+. The normalized spacial score (nSPS) is 11.4. The summed E-state index contributed by atoms with van der Waals surface area (Å²) in [5.41, 5.74) is 0.308. The highest BCUT2D eigenvalue weighted by Crippen LogP contribution is 2.38. The third-order valence-electron chi connectivity index (χ3n) is 4.25. The molecule has 0 spiro atoms. The van der Waals surface area contributed by atoms with Crippen LogP contribution in [0.5, 0.6) is 11.5 Å². The van der Waals surface area contributed by atoms with Gasteiger partial charge in [-0.3, -0.25) is 4.79 Å². The van der Waals surface area contributed by atoms with E-state index in [1.807, 2.05) is 0 Å². The molecule has 1 N–H and O–H groups in total. The molecule has 1 amide bonds. The highest BCUT2D eigenvalue weighted by molar-refractivity contribution is 7.87. The third-order valence-corrected chi connectivity index (χ3v) is 5.77. The second-order valence-corrected chi connectivity index (χ2v) is 8.47. The summed E-state index contributed by atoms with van der Waals surface area (Å²) in [5.74, 6) is -1.47. The van der Waals surface area contributed by atoms with Crippen LogP contribution in [0.15, 0.2) is 77.2 Å². The first-order chi connectivity index (χ1) is 15.7. The van der Waals surface area contributed by atoms with Crippen molar-refractivity contribution in [3.8, 4) is 17.6 Å². The van der Waals surface area contributed by atoms with Crippen LogP contribution in [0.3, 0.4) is 0 Å². The van der Waals surface area contributed by atoms with E-state index in [0.717, 1.165) is 12.1 Å². The fraction of sp³-hybridized carbons (Fsp3) is 0.0435. The molecule has 7 nitrogen and oxygen atoms in total. The molecule has 0 saturated carbocycles. The van der Waals surface area contributed by atoms with Gasteiger partial charge in [-0.1, -0.05) is 29.8 Å². The molecule has 168 valence electrons. The number of carbonyl (C=O) groups is 1. The fourth-order valence-corrected chi connectivity index (χ4v) is 3.98. The Balaban J connectivity index is 1.90. The van der Waals surface area contributed by atoms with Gasteiger partial charge in [-0.05, 0) is 60.2 Å². The van der Waals surface area contributed by atoms with Crippen LogP contribution in [0.25, 0.3) is 6.08 Å². The molecule has 3 aromatic carbocycles. The number of nitrogens with one attached hydrogen (secondary N) is 1. The summed E-state index contributed by atoms with van der Waals surface area (Å²) in [7, 11) is -2.90. The van der Waals surface area contributed by atoms with Crippen molar-refractivity contribution in [2.75, 3.05) is 12.4 Å². The van der Waals surface area contributed by atoms with Gasteiger partial charge in [-0.25, -0.2) is 4.39 Å². The lowest BCUT2D eigenvalue weighted by Gasteiger charge is -2.13. The molecular formula is C23H16ClFN2O5S. The van der Waals surface area contributed by atoms with Crippen molar-refractivity contribution in [2.45, 2.75) is 4.90 Å². The molecule has 33 heavy (non-hydrogen) atoms. The van der Waals surface area contributed by atoms with Crippen molar-refractivity contribution in [1.29, 1.82) is 5.26 Å². The number of hydrogen-bond donors (Lipinski definition) is 1. The highest BCUT2D eigenvalue weighted by Gasteiger charge is 2.22. The minimum atomic E-state index is -4.18. The third kappa shape index (κ3) is 5.88. The maximum atomic E-state index is 13.0. The van der Waals surface area contributed by atoms with E-state index in [1.165, 1.54) is 49.6 Å². The quantitative estimate of drug-likeness (QED) is 0.292. The Labute approximate surface area is 194 Å². The Hall–Kier alpha value is -3.87. The van der Waals surface area contributed by atoms with E-state index in [0.29, 0.717) is 5.69 Å². The predicted molar refractivity (Wildman–Crippen MR) is 121 cm³/mol. The molecule has 0 heterocycles. The predicted octanol–water partition coefficient (Wildman–Crippen LogP) is 4.80. The fourth-order valence-electron chi connectivity index (χ4n) is 2.70. The average Bonchev–Trinajstić information content (AvgIpc) is 2.80.